The average Bonchev–Trinajstić information content (AvgIpc) is 2.93. The molecule has 214 valence electrons. The van der Waals surface area contributed by atoms with Crippen LogP contribution in [-0.4, -0.2) is 57.6 Å². The zero-order chi connectivity index (χ0) is 29.1. The van der Waals surface area contributed by atoms with Crippen LogP contribution < -0.4 is 14.4 Å². The first-order valence-corrected chi connectivity index (χ1v) is 15.3. The molecular formula is C30H36ClN3O5S. The van der Waals surface area contributed by atoms with Gasteiger partial charge in [0.1, 0.15) is 11.8 Å². The van der Waals surface area contributed by atoms with E-state index in [4.69, 9.17) is 16.3 Å². The molecular weight excluding hydrogens is 550 g/mol. The van der Waals surface area contributed by atoms with Crippen LogP contribution in [0, 0.1) is 0 Å². The van der Waals surface area contributed by atoms with Gasteiger partial charge in [-0.1, -0.05) is 66.2 Å². The van der Waals surface area contributed by atoms with Crippen LogP contribution in [0.1, 0.15) is 30.9 Å². The maximum absolute atomic E-state index is 13.8. The van der Waals surface area contributed by atoms with E-state index in [1.165, 1.54) is 11.4 Å². The Hall–Kier alpha value is -3.56. The Morgan fingerprint density at radius 3 is 2.35 bits per heavy atom. The molecule has 0 aliphatic rings. The predicted octanol–water partition coefficient (Wildman–Crippen LogP) is 4.67. The highest BCUT2D eigenvalue weighted by Crippen LogP contribution is 2.25. The van der Waals surface area contributed by atoms with E-state index in [0.29, 0.717) is 35.0 Å². The fraction of sp³-hybridized carbons (Fsp3) is 0.333. The fourth-order valence-corrected chi connectivity index (χ4v) is 5.58. The zero-order valence-corrected chi connectivity index (χ0v) is 24.6. The van der Waals surface area contributed by atoms with E-state index in [2.05, 4.69) is 5.32 Å². The molecule has 0 saturated heterocycles. The van der Waals surface area contributed by atoms with Gasteiger partial charge < -0.3 is 15.0 Å². The minimum absolute atomic E-state index is 0.0329. The quantitative estimate of drug-likeness (QED) is 0.297. The molecule has 1 atom stereocenters. The van der Waals surface area contributed by atoms with Gasteiger partial charge in [-0.05, 0) is 42.7 Å². The molecule has 3 aromatic carbocycles. The number of halogens is 1. The number of sulfonamides is 1. The van der Waals surface area contributed by atoms with E-state index in [1.54, 1.807) is 35.2 Å². The Bertz CT molecular complexity index is 1380. The maximum atomic E-state index is 13.8. The molecule has 8 nitrogen and oxygen atoms in total. The van der Waals surface area contributed by atoms with E-state index >= 15 is 0 Å². The third-order valence-electron chi connectivity index (χ3n) is 6.41. The summed E-state index contributed by atoms with van der Waals surface area (Å²) >= 11 is 6.45. The molecule has 0 aliphatic carbocycles. The Labute approximate surface area is 241 Å². The van der Waals surface area contributed by atoms with Crippen LogP contribution in [-0.2, 0) is 32.6 Å². The first-order valence-electron chi connectivity index (χ1n) is 13.1. The molecule has 2 amide bonds. The lowest BCUT2D eigenvalue weighted by Gasteiger charge is -2.32. The molecule has 0 aromatic heterocycles. The SMILES string of the molecule is CCNC(=O)[C@@H](Cc1ccccc1)N(Cc1ccccc1Cl)C(=O)CCCN(c1cccc(OC)c1)S(C)(=O)=O. The number of likely N-dealkylation sites (N-methyl/N-ethyl adjacent to an activating group) is 1. The van der Waals surface area contributed by atoms with Crippen LogP contribution in [0.25, 0.3) is 0 Å². The van der Waals surface area contributed by atoms with Crippen molar-refractivity contribution in [2.45, 2.75) is 38.8 Å². The van der Waals surface area contributed by atoms with Crippen molar-refractivity contribution in [2.75, 3.05) is 30.8 Å². The number of carbonyl (C=O) groups is 2. The number of methoxy groups -OCH3 is 1. The second-order valence-electron chi connectivity index (χ2n) is 9.35. The molecule has 0 unspecified atom stereocenters. The molecule has 0 spiro atoms. The normalized spacial score (nSPS) is 11.9. The largest absolute Gasteiger partial charge is 0.497 e. The van der Waals surface area contributed by atoms with Crippen LogP contribution in [0.2, 0.25) is 5.02 Å². The summed E-state index contributed by atoms with van der Waals surface area (Å²) in [5.41, 5.74) is 2.08. The smallest absolute Gasteiger partial charge is 0.243 e. The standard InChI is InChI=1S/C30H36ClN3O5S/c1-4-32-30(36)28(20-23-12-6-5-7-13-23)33(22-24-14-8-9-17-27(24)31)29(35)18-11-19-34(40(3,37)38)25-15-10-16-26(21-25)39-2/h5-10,12-17,21,28H,4,11,18-20,22H2,1-3H3,(H,32,36)/t28-/m1/s1. The van der Waals surface area contributed by atoms with E-state index in [-0.39, 0.29) is 37.7 Å². The van der Waals surface area contributed by atoms with Gasteiger partial charge >= 0.3 is 0 Å². The van der Waals surface area contributed by atoms with Crippen LogP contribution in [0.4, 0.5) is 5.69 Å². The average molecular weight is 586 g/mol. The van der Waals surface area contributed by atoms with E-state index in [9.17, 15) is 18.0 Å². The lowest BCUT2D eigenvalue weighted by atomic mass is 10.0. The topological polar surface area (TPSA) is 96.0 Å². The van der Waals surface area contributed by atoms with Gasteiger partial charge in [-0.3, -0.25) is 13.9 Å². The molecule has 3 rings (SSSR count). The number of anilines is 1. The van der Waals surface area contributed by atoms with Crippen LogP contribution in [0.5, 0.6) is 5.75 Å². The number of ether oxygens (including phenoxy) is 1. The van der Waals surface area contributed by atoms with Gasteiger partial charge in [0.2, 0.25) is 21.8 Å². The van der Waals surface area contributed by atoms with Gasteiger partial charge in [-0.25, -0.2) is 8.42 Å². The Balaban J connectivity index is 1.87. The molecule has 1 N–H and O–H groups in total. The van der Waals surface area contributed by atoms with E-state index < -0.39 is 16.1 Å². The van der Waals surface area contributed by atoms with Crippen molar-refractivity contribution in [1.82, 2.24) is 10.2 Å². The molecule has 40 heavy (non-hydrogen) atoms. The summed E-state index contributed by atoms with van der Waals surface area (Å²) in [6, 6.07) is 22.7. The number of hydrogen-bond donors (Lipinski definition) is 1. The van der Waals surface area contributed by atoms with Gasteiger partial charge in [-0.15, -0.1) is 0 Å². The third kappa shape index (κ3) is 8.72. The van der Waals surface area contributed by atoms with Crippen LogP contribution in [0.3, 0.4) is 0 Å². The lowest BCUT2D eigenvalue weighted by molar-refractivity contribution is -0.141. The summed E-state index contributed by atoms with van der Waals surface area (Å²) in [4.78, 5) is 28.6. The Morgan fingerprint density at radius 2 is 1.70 bits per heavy atom. The van der Waals surface area contributed by atoms with Gasteiger partial charge in [0, 0.05) is 43.6 Å². The number of nitrogens with one attached hydrogen (secondary N) is 1. The number of hydrogen-bond acceptors (Lipinski definition) is 5. The first kappa shape index (κ1) is 31.0. The van der Waals surface area contributed by atoms with Crippen molar-refractivity contribution in [1.29, 1.82) is 0 Å². The highest BCUT2D eigenvalue weighted by Gasteiger charge is 2.30. The second-order valence-corrected chi connectivity index (χ2v) is 11.7. The molecule has 3 aromatic rings. The summed E-state index contributed by atoms with van der Waals surface area (Å²) in [6.45, 7) is 2.47. The van der Waals surface area contributed by atoms with Gasteiger partial charge in [0.15, 0.2) is 0 Å². The van der Waals surface area contributed by atoms with Crippen LogP contribution >= 0.6 is 11.6 Å². The molecule has 0 saturated carbocycles. The van der Waals surface area contributed by atoms with Crippen molar-refractivity contribution in [3.8, 4) is 5.75 Å². The van der Waals surface area contributed by atoms with Crippen molar-refractivity contribution < 1.29 is 22.7 Å². The number of rotatable bonds is 14. The number of nitrogens with zero attached hydrogens (tertiary/aromatic N) is 2. The Morgan fingerprint density at radius 1 is 1.00 bits per heavy atom. The first-order chi connectivity index (χ1) is 19.1. The van der Waals surface area contributed by atoms with Gasteiger partial charge in [0.25, 0.3) is 0 Å². The predicted molar refractivity (Wildman–Crippen MR) is 159 cm³/mol. The monoisotopic (exact) mass is 585 g/mol. The van der Waals surface area contributed by atoms with E-state index in [1.807, 2.05) is 55.5 Å². The molecule has 0 fully saturated rings. The highest BCUT2D eigenvalue weighted by molar-refractivity contribution is 7.92. The van der Waals surface area contributed by atoms with Crippen molar-refractivity contribution in [3.05, 3.63) is 95.0 Å². The fourth-order valence-electron chi connectivity index (χ4n) is 4.43. The Kier molecular flexibility index (Phi) is 11.4. The summed E-state index contributed by atoms with van der Waals surface area (Å²) in [7, 11) is -2.11. The highest BCUT2D eigenvalue weighted by atomic mass is 35.5. The van der Waals surface area contributed by atoms with Crippen molar-refractivity contribution >= 4 is 39.1 Å². The summed E-state index contributed by atoms with van der Waals surface area (Å²) in [5.74, 6) is -0.00840. The second kappa shape index (κ2) is 14.7. The summed E-state index contributed by atoms with van der Waals surface area (Å²) < 4.78 is 31.7. The molecule has 0 radical (unpaired) electrons. The van der Waals surface area contributed by atoms with E-state index in [0.717, 1.165) is 11.8 Å². The summed E-state index contributed by atoms with van der Waals surface area (Å²) in [5, 5.41) is 3.36. The number of benzene rings is 3. The van der Waals surface area contributed by atoms with Gasteiger partial charge in [0.05, 0.1) is 19.1 Å². The third-order valence-corrected chi connectivity index (χ3v) is 7.98. The van der Waals surface area contributed by atoms with Crippen LogP contribution in [0.15, 0.2) is 78.9 Å². The van der Waals surface area contributed by atoms with Gasteiger partial charge in [-0.2, -0.15) is 0 Å². The van der Waals surface area contributed by atoms with Crippen molar-refractivity contribution in [2.24, 2.45) is 0 Å². The number of amides is 2. The zero-order valence-electron chi connectivity index (χ0n) is 23.0. The molecule has 0 heterocycles. The molecule has 0 aliphatic heterocycles. The lowest BCUT2D eigenvalue weighted by Crippen LogP contribution is -2.50. The maximum Gasteiger partial charge on any atom is 0.243 e. The minimum atomic E-state index is -3.62. The molecule has 10 heteroatoms. The minimum Gasteiger partial charge on any atom is -0.497 e. The molecule has 0 bridgehead atoms. The van der Waals surface area contributed by atoms with Crippen molar-refractivity contribution in [3.63, 3.8) is 0 Å². The summed E-state index contributed by atoms with van der Waals surface area (Å²) in [6.07, 6.45) is 1.73. The number of carbonyl (C=O) groups excluding carboxylic acids is 2.